The molecular weight excluding hydrogens is 374 g/mol. The Morgan fingerprint density at radius 2 is 2.04 bits per heavy atom. The lowest BCUT2D eigenvalue weighted by Gasteiger charge is -2.12. The Labute approximate surface area is 155 Å². The van der Waals surface area contributed by atoms with E-state index in [0.717, 1.165) is 12.8 Å². The molecule has 8 nitrogen and oxygen atoms in total. The third-order valence-corrected chi connectivity index (χ3v) is 4.30. The topological polar surface area (TPSA) is 106 Å². The summed E-state index contributed by atoms with van der Waals surface area (Å²) in [4.78, 5) is 43.1. The summed E-state index contributed by atoms with van der Waals surface area (Å²) in [5.41, 5.74) is -0.909. The van der Waals surface area contributed by atoms with Gasteiger partial charge in [0, 0.05) is 12.2 Å². The lowest BCUT2D eigenvalue weighted by Crippen LogP contribution is -2.30. The highest BCUT2D eigenvalue weighted by Gasteiger charge is 2.28. The number of rotatable bonds is 5. The lowest BCUT2D eigenvalue weighted by atomic mass is 10.2. The molecule has 28 heavy (non-hydrogen) atoms. The first kappa shape index (κ1) is 17.8. The second-order valence-corrected chi connectivity index (χ2v) is 6.28. The van der Waals surface area contributed by atoms with Crippen LogP contribution in [0.15, 0.2) is 46.1 Å². The number of anilines is 1. The average molecular weight is 388 g/mol. The van der Waals surface area contributed by atoms with Crippen LogP contribution in [0.25, 0.3) is 11.0 Å². The number of nitrogens with one attached hydrogen (secondary N) is 2. The number of carbonyl (C=O) groups excluding carboxylic acids is 1. The van der Waals surface area contributed by atoms with E-state index in [4.69, 9.17) is 0 Å². The van der Waals surface area contributed by atoms with Gasteiger partial charge in [0.25, 0.3) is 11.5 Å². The van der Waals surface area contributed by atoms with Crippen molar-refractivity contribution in [2.45, 2.75) is 25.5 Å². The molecule has 0 unspecified atom stereocenters. The van der Waals surface area contributed by atoms with Gasteiger partial charge in [0.2, 0.25) is 0 Å². The first-order chi connectivity index (χ1) is 13.4. The SMILES string of the molecule is O=C(Nc1ccccc1OC(F)F)c1cnc2c(c1)c(=O)[nH]c(=O)n2C1CC1. The molecule has 0 aliphatic heterocycles. The Hall–Kier alpha value is -3.56. The quantitative estimate of drug-likeness (QED) is 0.698. The molecule has 1 fully saturated rings. The van der Waals surface area contributed by atoms with Crippen LogP contribution >= 0.6 is 0 Å². The Morgan fingerprint density at radius 3 is 2.75 bits per heavy atom. The number of hydrogen-bond donors (Lipinski definition) is 2. The van der Waals surface area contributed by atoms with Crippen LogP contribution in [-0.2, 0) is 0 Å². The van der Waals surface area contributed by atoms with Crippen molar-refractivity contribution in [1.29, 1.82) is 0 Å². The van der Waals surface area contributed by atoms with E-state index in [1.807, 2.05) is 0 Å². The van der Waals surface area contributed by atoms with E-state index in [0.29, 0.717) is 0 Å². The molecule has 0 saturated heterocycles. The summed E-state index contributed by atoms with van der Waals surface area (Å²) in [6.45, 7) is -3.04. The smallest absolute Gasteiger partial charge is 0.387 e. The minimum Gasteiger partial charge on any atom is -0.433 e. The molecule has 144 valence electrons. The van der Waals surface area contributed by atoms with Crippen molar-refractivity contribution in [3.63, 3.8) is 0 Å². The predicted octanol–water partition coefficient (Wildman–Crippen LogP) is 2.27. The van der Waals surface area contributed by atoms with Gasteiger partial charge in [0.15, 0.2) is 0 Å². The molecule has 0 atom stereocenters. The van der Waals surface area contributed by atoms with Crippen molar-refractivity contribution in [3.8, 4) is 5.75 Å². The van der Waals surface area contributed by atoms with Crippen LogP contribution < -0.4 is 21.3 Å². The number of aromatic amines is 1. The number of hydrogen-bond acceptors (Lipinski definition) is 5. The molecule has 0 spiro atoms. The number of H-pyrrole nitrogens is 1. The third-order valence-electron chi connectivity index (χ3n) is 4.30. The van der Waals surface area contributed by atoms with Gasteiger partial charge in [-0.25, -0.2) is 9.78 Å². The van der Waals surface area contributed by atoms with Gasteiger partial charge in [0.1, 0.15) is 11.4 Å². The Morgan fingerprint density at radius 1 is 1.29 bits per heavy atom. The number of benzene rings is 1. The van der Waals surface area contributed by atoms with Gasteiger partial charge in [0.05, 0.1) is 16.6 Å². The third kappa shape index (κ3) is 3.36. The minimum absolute atomic E-state index is 0.0163. The molecule has 2 N–H and O–H groups in total. The zero-order chi connectivity index (χ0) is 19.8. The van der Waals surface area contributed by atoms with Crippen LogP contribution in [0.3, 0.4) is 0 Å². The maximum Gasteiger partial charge on any atom is 0.387 e. The van der Waals surface area contributed by atoms with E-state index < -0.39 is 23.8 Å². The standard InChI is InChI=1S/C18H14F2N4O4/c19-17(20)28-13-4-2-1-3-12(13)22-15(25)9-7-11-14(21-8-9)24(10-5-6-10)18(27)23-16(11)26/h1-4,7-8,10,17H,5-6H2,(H,22,25)(H,23,26,27). The van der Waals surface area contributed by atoms with Gasteiger partial charge >= 0.3 is 12.3 Å². The largest absolute Gasteiger partial charge is 0.433 e. The summed E-state index contributed by atoms with van der Waals surface area (Å²) < 4.78 is 30.8. The summed E-state index contributed by atoms with van der Waals surface area (Å²) in [6.07, 6.45) is 2.85. The number of para-hydroxylation sites is 2. The fourth-order valence-corrected chi connectivity index (χ4v) is 2.90. The highest BCUT2D eigenvalue weighted by atomic mass is 19.3. The van der Waals surface area contributed by atoms with Crippen molar-refractivity contribution >= 4 is 22.6 Å². The zero-order valence-electron chi connectivity index (χ0n) is 14.3. The molecular formula is C18H14F2N4O4. The molecule has 3 aromatic rings. The van der Waals surface area contributed by atoms with Crippen molar-refractivity contribution in [2.24, 2.45) is 0 Å². The molecule has 1 saturated carbocycles. The van der Waals surface area contributed by atoms with Crippen LogP contribution in [0.2, 0.25) is 0 Å². The van der Waals surface area contributed by atoms with E-state index in [1.165, 1.54) is 35.0 Å². The molecule has 1 aromatic carbocycles. The van der Waals surface area contributed by atoms with Gasteiger partial charge in [-0.3, -0.25) is 19.1 Å². The number of carbonyl (C=O) groups is 1. The summed E-state index contributed by atoms with van der Waals surface area (Å²) in [7, 11) is 0. The van der Waals surface area contributed by atoms with Gasteiger partial charge in [-0.2, -0.15) is 8.78 Å². The second kappa shape index (κ2) is 6.87. The maximum atomic E-state index is 12.5. The predicted molar refractivity (Wildman–Crippen MR) is 95.9 cm³/mol. The lowest BCUT2D eigenvalue weighted by molar-refractivity contribution is -0.0493. The number of fused-ring (bicyclic) bond motifs is 1. The number of ether oxygens (including phenoxy) is 1. The van der Waals surface area contributed by atoms with E-state index in [9.17, 15) is 23.2 Å². The average Bonchev–Trinajstić information content (AvgIpc) is 3.47. The maximum absolute atomic E-state index is 12.5. The Balaban J connectivity index is 1.70. The first-order valence-corrected chi connectivity index (χ1v) is 8.44. The summed E-state index contributed by atoms with van der Waals surface area (Å²) in [5, 5.41) is 2.55. The van der Waals surface area contributed by atoms with Crippen molar-refractivity contribution < 1.29 is 18.3 Å². The van der Waals surface area contributed by atoms with Gasteiger partial charge in [-0.1, -0.05) is 12.1 Å². The first-order valence-electron chi connectivity index (χ1n) is 8.44. The molecule has 0 bridgehead atoms. The molecule has 1 amide bonds. The molecule has 1 aliphatic carbocycles. The van der Waals surface area contributed by atoms with E-state index in [2.05, 4.69) is 20.0 Å². The fraction of sp³-hybridized carbons (Fsp3) is 0.222. The Bertz CT molecular complexity index is 1180. The normalized spacial score (nSPS) is 13.7. The Kier molecular flexibility index (Phi) is 4.38. The van der Waals surface area contributed by atoms with E-state index in [1.54, 1.807) is 6.07 Å². The molecule has 2 aromatic heterocycles. The summed E-state index contributed by atoms with van der Waals surface area (Å²) in [6, 6.07) is 7.03. The molecule has 1 aliphatic rings. The van der Waals surface area contributed by atoms with Gasteiger partial charge in [-0.05, 0) is 31.0 Å². The number of amides is 1. The second-order valence-electron chi connectivity index (χ2n) is 6.28. The fourth-order valence-electron chi connectivity index (χ4n) is 2.90. The van der Waals surface area contributed by atoms with Crippen molar-refractivity contribution in [2.75, 3.05) is 5.32 Å². The van der Waals surface area contributed by atoms with Crippen LogP contribution in [0.4, 0.5) is 14.5 Å². The van der Waals surface area contributed by atoms with Gasteiger partial charge in [-0.15, -0.1) is 0 Å². The molecule has 2 heterocycles. The zero-order valence-corrected chi connectivity index (χ0v) is 14.3. The van der Waals surface area contributed by atoms with Gasteiger partial charge < -0.3 is 10.1 Å². The van der Waals surface area contributed by atoms with Crippen LogP contribution in [0, 0.1) is 0 Å². The summed E-state index contributed by atoms with van der Waals surface area (Å²) in [5.74, 6) is -0.858. The monoisotopic (exact) mass is 388 g/mol. The number of halogens is 2. The van der Waals surface area contributed by atoms with E-state index in [-0.39, 0.29) is 34.1 Å². The summed E-state index contributed by atoms with van der Waals surface area (Å²) >= 11 is 0. The van der Waals surface area contributed by atoms with Crippen molar-refractivity contribution in [1.82, 2.24) is 14.5 Å². The van der Waals surface area contributed by atoms with E-state index >= 15 is 0 Å². The van der Waals surface area contributed by atoms with Crippen LogP contribution in [-0.4, -0.2) is 27.1 Å². The molecule has 0 radical (unpaired) electrons. The van der Waals surface area contributed by atoms with Crippen molar-refractivity contribution in [3.05, 3.63) is 62.9 Å². The molecule has 10 heteroatoms. The highest BCUT2D eigenvalue weighted by molar-refractivity contribution is 6.06. The number of alkyl halides is 2. The number of aromatic nitrogens is 3. The van der Waals surface area contributed by atoms with Crippen LogP contribution in [0.1, 0.15) is 29.2 Å². The minimum atomic E-state index is -3.04. The van der Waals surface area contributed by atoms with Crippen LogP contribution in [0.5, 0.6) is 5.75 Å². The number of nitrogens with zero attached hydrogens (tertiary/aromatic N) is 2. The molecule has 4 rings (SSSR count). The number of pyridine rings is 1. The highest BCUT2D eigenvalue weighted by Crippen LogP contribution is 2.34.